The normalized spacial score (nSPS) is 19.0. The van der Waals surface area contributed by atoms with E-state index in [1.807, 2.05) is 19.1 Å². The standard InChI is InChI=1S/C27H34N2O2/c1-7-30-21-12-13-24-22(14-21)23(15-25(31-24)19-10-8-18(2)9-11-19)28-20-16-26(3,4)29-27(5,6)17-20/h8-15,20,29H,7,16-17H2,1-6H3. The van der Waals surface area contributed by atoms with E-state index in [1.165, 1.54) is 5.56 Å². The molecule has 1 aliphatic rings. The largest absolute Gasteiger partial charge is 0.494 e. The zero-order chi connectivity index (χ0) is 22.2. The average Bonchev–Trinajstić information content (AvgIpc) is 2.66. The van der Waals surface area contributed by atoms with Crippen LogP contribution < -0.4 is 15.4 Å². The zero-order valence-corrected chi connectivity index (χ0v) is 19.6. The van der Waals surface area contributed by atoms with Gasteiger partial charge in [0.05, 0.1) is 18.0 Å². The lowest BCUT2D eigenvalue weighted by Crippen LogP contribution is -2.59. The fourth-order valence-electron chi connectivity index (χ4n) is 4.93. The van der Waals surface area contributed by atoms with Crippen molar-refractivity contribution < 1.29 is 9.15 Å². The van der Waals surface area contributed by atoms with Gasteiger partial charge in [0.15, 0.2) is 0 Å². The molecule has 0 bridgehead atoms. The molecule has 3 aromatic rings. The predicted molar refractivity (Wildman–Crippen MR) is 127 cm³/mol. The monoisotopic (exact) mass is 418 g/mol. The summed E-state index contributed by atoms with van der Waals surface area (Å²) < 4.78 is 12.1. The number of nitrogens with one attached hydrogen (secondary N) is 1. The van der Waals surface area contributed by atoms with Gasteiger partial charge in [0.2, 0.25) is 0 Å². The Morgan fingerprint density at radius 2 is 1.68 bits per heavy atom. The second kappa shape index (κ2) is 8.16. The van der Waals surface area contributed by atoms with E-state index in [9.17, 15) is 0 Å². The first-order valence-electron chi connectivity index (χ1n) is 11.3. The summed E-state index contributed by atoms with van der Waals surface area (Å²) in [5.74, 6) is 1.68. The quantitative estimate of drug-likeness (QED) is 0.564. The molecule has 1 N–H and O–H groups in total. The molecule has 1 aliphatic heterocycles. The minimum absolute atomic E-state index is 0.0428. The van der Waals surface area contributed by atoms with Crippen molar-refractivity contribution in [2.24, 2.45) is 4.99 Å². The first-order valence-corrected chi connectivity index (χ1v) is 11.3. The fourth-order valence-corrected chi connectivity index (χ4v) is 4.93. The van der Waals surface area contributed by atoms with Crippen LogP contribution in [0.15, 0.2) is 57.9 Å². The number of benzene rings is 2. The van der Waals surface area contributed by atoms with E-state index in [2.05, 4.69) is 76.3 Å². The van der Waals surface area contributed by atoms with Crippen molar-refractivity contribution in [2.75, 3.05) is 6.61 Å². The van der Waals surface area contributed by atoms with E-state index in [4.69, 9.17) is 14.1 Å². The summed E-state index contributed by atoms with van der Waals surface area (Å²) in [7, 11) is 0. The Morgan fingerprint density at radius 3 is 2.32 bits per heavy atom. The predicted octanol–water partition coefficient (Wildman–Crippen LogP) is 6.02. The number of rotatable bonds is 4. The molecule has 1 aromatic heterocycles. The minimum Gasteiger partial charge on any atom is -0.494 e. The first-order chi connectivity index (χ1) is 14.6. The minimum atomic E-state index is 0.0428. The van der Waals surface area contributed by atoms with Crippen LogP contribution >= 0.6 is 0 Å². The third-order valence-corrected chi connectivity index (χ3v) is 5.85. The van der Waals surface area contributed by atoms with Gasteiger partial charge in [-0.25, -0.2) is 0 Å². The average molecular weight is 419 g/mol. The number of nitrogens with zero attached hydrogens (tertiary/aromatic N) is 1. The SMILES string of the molecule is CCOc1ccc2oc(-c3ccc(C)cc3)cc(=NC3CC(C)(C)NC(C)(C)C3)c2c1. The van der Waals surface area contributed by atoms with E-state index >= 15 is 0 Å². The molecule has 2 aromatic carbocycles. The van der Waals surface area contributed by atoms with Crippen LogP contribution in [0.4, 0.5) is 0 Å². The maximum Gasteiger partial charge on any atom is 0.137 e. The van der Waals surface area contributed by atoms with Crippen molar-refractivity contribution in [1.82, 2.24) is 5.32 Å². The highest BCUT2D eigenvalue weighted by molar-refractivity contribution is 5.80. The van der Waals surface area contributed by atoms with Crippen LogP contribution in [0.5, 0.6) is 5.75 Å². The molecule has 0 atom stereocenters. The molecule has 2 heterocycles. The smallest absolute Gasteiger partial charge is 0.137 e. The van der Waals surface area contributed by atoms with Gasteiger partial charge < -0.3 is 14.5 Å². The molecule has 31 heavy (non-hydrogen) atoms. The summed E-state index contributed by atoms with van der Waals surface area (Å²) in [6.45, 7) is 13.8. The molecular weight excluding hydrogens is 384 g/mol. The Morgan fingerprint density at radius 1 is 1.00 bits per heavy atom. The molecule has 0 saturated carbocycles. The van der Waals surface area contributed by atoms with Crippen LogP contribution in [0.1, 0.15) is 53.0 Å². The molecular formula is C27H34N2O2. The highest BCUT2D eigenvalue weighted by atomic mass is 16.5. The number of hydrogen-bond acceptors (Lipinski definition) is 4. The lowest BCUT2D eigenvalue weighted by Gasteiger charge is -2.45. The van der Waals surface area contributed by atoms with Crippen molar-refractivity contribution in [1.29, 1.82) is 0 Å². The number of ether oxygens (including phenoxy) is 1. The van der Waals surface area contributed by atoms with Crippen LogP contribution in [0.2, 0.25) is 0 Å². The second-order valence-electron chi connectivity index (χ2n) is 10.0. The topological polar surface area (TPSA) is 46.8 Å². The summed E-state index contributed by atoms with van der Waals surface area (Å²) in [5.41, 5.74) is 3.20. The van der Waals surface area contributed by atoms with Gasteiger partial charge in [0, 0.05) is 28.1 Å². The molecule has 164 valence electrons. The number of fused-ring (bicyclic) bond motifs is 1. The van der Waals surface area contributed by atoms with E-state index in [-0.39, 0.29) is 17.1 Å². The van der Waals surface area contributed by atoms with Gasteiger partial charge in [-0.15, -0.1) is 0 Å². The van der Waals surface area contributed by atoms with Crippen LogP contribution in [0, 0.1) is 6.92 Å². The molecule has 1 fully saturated rings. The molecule has 0 unspecified atom stereocenters. The van der Waals surface area contributed by atoms with Gasteiger partial charge in [0.25, 0.3) is 0 Å². The summed E-state index contributed by atoms with van der Waals surface area (Å²) in [6.07, 6.45) is 1.99. The number of hydrogen-bond donors (Lipinski definition) is 1. The Labute approximate surface area is 185 Å². The fraction of sp³-hybridized carbons (Fsp3) is 0.444. The van der Waals surface area contributed by atoms with Crippen LogP contribution in [0.25, 0.3) is 22.3 Å². The van der Waals surface area contributed by atoms with Crippen molar-refractivity contribution >= 4 is 11.0 Å². The Kier molecular flexibility index (Phi) is 5.69. The molecule has 4 nitrogen and oxygen atoms in total. The second-order valence-corrected chi connectivity index (χ2v) is 10.0. The van der Waals surface area contributed by atoms with Crippen LogP contribution in [-0.2, 0) is 0 Å². The van der Waals surface area contributed by atoms with Crippen LogP contribution in [-0.4, -0.2) is 23.7 Å². The summed E-state index contributed by atoms with van der Waals surface area (Å²) in [5, 5.41) is 5.72. The number of piperidine rings is 1. The van der Waals surface area contributed by atoms with E-state index < -0.39 is 0 Å². The molecule has 4 heteroatoms. The molecule has 1 saturated heterocycles. The molecule has 0 radical (unpaired) electrons. The van der Waals surface area contributed by atoms with E-state index in [0.717, 1.165) is 46.2 Å². The Bertz CT molecular complexity index is 1120. The summed E-state index contributed by atoms with van der Waals surface area (Å²) in [4.78, 5) is 5.29. The third-order valence-electron chi connectivity index (χ3n) is 5.85. The van der Waals surface area contributed by atoms with Crippen LogP contribution in [0.3, 0.4) is 0 Å². The molecule has 0 spiro atoms. The van der Waals surface area contributed by atoms with Gasteiger partial charge in [-0.1, -0.05) is 29.8 Å². The number of aryl methyl sites for hydroxylation is 1. The molecule has 4 rings (SSSR count). The zero-order valence-electron chi connectivity index (χ0n) is 19.6. The van der Waals surface area contributed by atoms with Gasteiger partial charge >= 0.3 is 0 Å². The van der Waals surface area contributed by atoms with Crippen molar-refractivity contribution in [3.8, 4) is 17.1 Å². The van der Waals surface area contributed by atoms with Crippen molar-refractivity contribution in [3.63, 3.8) is 0 Å². The van der Waals surface area contributed by atoms with Gasteiger partial charge in [-0.2, -0.15) is 0 Å². The molecule has 0 amide bonds. The maximum atomic E-state index is 6.30. The highest BCUT2D eigenvalue weighted by Crippen LogP contribution is 2.31. The van der Waals surface area contributed by atoms with Gasteiger partial charge in [-0.3, -0.25) is 4.99 Å². The van der Waals surface area contributed by atoms with Gasteiger partial charge in [-0.05, 0) is 72.6 Å². The van der Waals surface area contributed by atoms with E-state index in [0.29, 0.717) is 6.61 Å². The maximum absolute atomic E-state index is 6.30. The lowest BCUT2D eigenvalue weighted by molar-refractivity contribution is 0.163. The summed E-state index contributed by atoms with van der Waals surface area (Å²) in [6, 6.07) is 16.8. The third kappa shape index (κ3) is 5.01. The van der Waals surface area contributed by atoms with Crippen molar-refractivity contribution in [2.45, 2.75) is 71.5 Å². The molecule has 0 aliphatic carbocycles. The lowest BCUT2D eigenvalue weighted by atomic mass is 9.80. The van der Waals surface area contributed by atoms with E-state index in [1.54, 1.807) is 0 Å². The Hall–Kier alpha value is -2.59. The summed E-state index contributed by atoms with van der Waals surface area (Å²) >= 11 is 0. The first kappa shape index (κ1) is 21.6. The van der Waals surface area contributed by atoms with Gasteiger partial charge in [0.1, 0.15) is 17.1 Å². The van der Waals surface area contributed by atoms with Crippen molar-refractivity contribution in [3.05, 3.63) is 59.5 Å². The Balaban J connectivity index is 1.88. The highest BCUT2D eigenvalue weighted by Gasteiger charge is 2.37.